The average Bonchev–Trinajstić information content (AvgIpc) is 3.14. The molecule has 0 saturated heterocycles. The van der Waals surface area contributed by atoms with Crippen LogP contribution < -0.4 is 10.2 Å². The average molecular weight is 282 g/mol. The molecule has 1 aliphatic rings. The van der Waals surface area contributed by atoms with E-state index < -0.39 is 0 Å². The molecule has 0 aliphatic heterocycles. The van der Waals surface area contributed by atoms with E-state index in [0.29, 0.717) is 0 Å². The fraction of sp³-hybridized carbons (Fsp3) is 0.786. The Bertz CT molecular complexity index is 398. The normalized spacial score (nSPS) is 15.2. The van der Waals surface area contributed by atoms with E-state index in [0.717, 1.165) is 32.1 Å². The lowest BCUT2D eigenvalue weighted by atomic mass is 10.2. The van der Waals surface area contributed by atoms with Gasteiger partial charge in [0.05, 0.1) is 5.69 Å². The van der Waals surface area contributed by atoms with Gasteiger partial charge in [0.25, 0.3) is 0 Å². The van der Waals surface area contributed by atoms with Crippen LogP contribution in [0.4, 0.5) is 5.13 Å². The van der Waals surface area contributed by atoms with E-state index in [1.807, 2.05) is 11.3 Å². The van der Waals surface area contributed by atoms with Crippen molar-refractivity contribution in [2.75, 3.05) is 45.7 Å². The quantitative estimate of drug-likeness (QED) is 0.791. The number of rotatable bonds is 8. The first kappa shape index (κ1) is 14.8. The summed E-state index contributed by atoms with van der Waals surface area (Å²) in [7, 11) is 6.37. The molecule has 0 unspecified atom stereocenters. The van der Waals surface area contributed by atoms with Crippen molar-refractivity contribution in [1.29, 1.82) is 0 Å². The number of hydrogen-bond donors (Lipinski definition) is 1. The highest BCUT2D eigenvalue weighted by atomic mass is 32.1. The highest BCUT2D eigenvalue weighted by Gasteiger charge is 2.29. The Balaban J connectivity index is 2.03. The number of nitrogens with one attached hydrogen (secondary N) is 1. The molecule has 1 fully saturated rings. The van der Waals surface area contributed by atoms with Crippen LogP contribution in [0.3, 0.4) is 0 Å². The van der Waals surface area contributed by atoms with Crippen LogP contribution in [0, 0.1) is 0 Å². The van der Waals surface area contributed by atoms with Gasteiger partial charge in [0.1, 0.15) is 0 Å². The molecule has 0 bridgehead atoms. The molecule has 19 heavy (non-hydrogen) atoms. The summed E-state index contributed by atoms with van der Waals surface area (Å²) in [5.74, 6) is 0.737. The van der Waals surface area contributed by atoms with Crippen LogP contribution >= 0.6 is 11.3 Å². The fourth-order valence-electron chi connectivity index (χ4n) is 2.00. The fourth-order valence-corrected chi connectivity index (χ4v) is 3.10. The number of likely N-dealkylation sites (N-methyl/N-ethyl adjacent to an activating group) is 2. The van der Waals surface area contributed by atoms with Gasteiger partial charge in [0.15, 0.2) is 5.13 Å². The molecule has 0 radical (unpaired) electrons. The summed E-state index contributed by atoms with van der Waals surface area (Å²) < 4.78 is 0. The molecule has 1 aromatic rings. The van der Waals surface area contributed by atoms with E-state index >= 15 is 0 Å². The molecule has 1 saturated carbocycles. The van der Waals surface area contributed by atoms with Crippen LogP contribution in [-0.2, 0) is 6.54 Å². The minimum atomic E-state index is 0.737. The summed E-state index contributed by atoms with van der Waals surface area (Å²) in [5.41, 5.74) is 1.36. The van der Waals surface area contributed by atoms with Gasteiger partial charge in [0, 0.05) is 37.5 Å². The smallest absolute Gasteiger partial charge is 0.185 e. The number of anilines is 1. The van der Waals surface area contributed by atoms with Crippen LogP contribution in [0.1, 0.15) is 36.3 Å². The van der Waals surface area contributed by atoms with Crippen LogP contribution in [-0.4, -0.2) is 50.7 Å². The van der Waals surface area contributed by atoms with Crippen LogP contribution in [0.25, 0.3) is 0 Å². The first-order chi connectivity index (χ1) is 9.11. The summed E-state index contributed by atoms with van der Waals surface area (Å²) in [4.78, 5) is 10.8. The van der Waals surface area contributed by atoms with Gasteiger partial charge in [-0.05, 0) is 33.5 Å². The van der Waals surface area contributed by atoms with E-state index in [1.165, 1.54) is 28.5 Å². The molecule has 4 nitrogen and oxygen atoms in total. The highest BCUT2D eigenvalue weighted by molar-refractivity contribution is 7.15. The van der Waals surface area contributed by atoms with Crippen LogP contribution in [0.5, 0.6) is 0 Å². The second kappa shape index (κ2) is 6.68. The van der Waals surface area contributed by atoms with Gasteiger partial charge in [0.2, 0.25) is 0 Å². The second-order valence-corrected chi connectivity index (χ2v) is 6.65. The van der Waals surface area contributed by atoms with Crippen molar-refractivity contribution in [2.45, 2.75) is 32.2 Å². The maximum atomic E-state index is 4.89. The molecule has 108 valence electrons. The minimum Gasteiger partial charge on any atom is -0.350 e. The first-order valence-corrected chi connectivity index (χ1v) is 7.99. The van der Waals surface area contributed by atoms with Crippen molar-refractivity contribution in [3.8, 4) is 0 Å². The van der Waals surface area contributed by atoms with E-state index in [1.54, 1.807) is 0 Å². The Morgan fingerprint density at radius 2 is 2.00 bits per heavy atom. The second-order valence-electron chi connectivity index (χ2n) is 5.58. The number of nitrogens with zero attached hydrogens (tertiary/aromatic N) is 3. The molecule has 5 heteroatoms. The van der Waals surface area contributed by atoms with Gasteiger partial charge in [-0.25, -0.2) is 4.98 Å². The zero-order chi connectivity index (χ0) is 13.8. The first-order valence-electron chi connectivity index (χ1n) is 7.18. The lowest BCUT2D eigenvalue weighted by molar-refractivity contribution is 0.416. The van der Waals surface area contributed by atoms with E-state index in [4.69, 9.17) is 4.98 Å². The Hall–Kier alpha value is -0.650. The van der Waals surface area contributed by atoms with Gasteiger partial charge in [-0.3, -0.25) is 0 Å². The van der Waals surface area contributed by atoms with E-state index in [-0.39, 0.29) is 0 Å². The molecule has 1 aliphatic carbocycles. The lowest BCUT2D eigenvalue weighted by Crippen LogP contribution is -2.28. The van der Waals surface area contributed by atoms with E-state index in [9.17, 15) is 0 Å². The SMILES string of the molecule is CCNCc1sc(N(C)CCN(C)C)nc1C1CC1. The number of thiazole rings is 1. The number of hydrogen-bond acceptors (Lipinski definition) is 5. The van der Waals surface area contributed by atoms with Gasteiger partial charge in [-0.1, -0.05) is 6.92 Å². The predicted molar refractivity (Wildman–Crippen MR) is 83.3 cm³/mol. The zero-order valence-corrected chi connectivity index (χ0v) is 13.4. The zero-order valence-electron chi connectivity index (χ0n) is 12.6. The molecule has 2 rings (SSSR count). The topological polar surface area (TPSA) is 31.4 Å². The summed E-state index contributed by atoms with van der Waals surface area (Å²) in [6.45, 7) is 6.25. The number of aromatic nitrogens is 1. The maximum absolute atomic E-state index is 4.89. The summed E-state index contributed by atoms with van der Waals surface area (Å²) in [5, 5.41) is 4.61. The lowest BCUT2D eigenvalue weighted by Gasteiger charge is -2.18. The third kappa shape index (κ3) is 4.16. The molecule has 1 N–H and O–H groups in total. The largest absolute Gasteiger partial charge is 0.350 e. The van der Waals surface area contributed by atoms with Gasteiger partial charge < -0.3 is 15.1 Å². The third-order valence-electron chi connectivity index (χ3n) is 3.43. The maximum Gasteiger partial charge on any atom is 0.185 e. The van der Waals surface area contributed by atoms with Gasteiger partial charge >= 0.3 is 0 Å². The Labute approximate surface area is 120 Å². The van der Waals surface area contributed by atoms with Crippen molar-refractivity contribution in [2.24, 2.45) is 0 Å². The van der Waals surface area contributed by atoms with E-state index in [2.05, 4.69) is 43.2 Å². The molecular weight excluding hydrogens is 256 g/mol. The van der Waals surface area contributed by atoms with Gasteiger partial charge in [-0.15, -0.1) is 11.3 Å². The molecule has 0 atom stereocenters. The molecular formula is C14H26N4S. The monoisotopic (exact) mass is 282 g/mol. The Morgan fingerprint density at radius 3 is 2.58 bits per heavy atom. The molecule has 0 spiro atoms. The molecule has 0 amide bonds. The molecule has 1 aromatic heterocycles. The third-order valence-corrected chi connectivity index (χ3v) is 4.61. The summed E-state index contributed by atoms with van der Waals surface area (Å²) in [6.07, 6.45) is 2.65. The minimum absolute atomic E-state index is 0.737. The Morgan fingerprint density at radius 1 is 1.26 bits per heavy atom. The summed E-state index contributed by atoms with van der Waals surface area (Å²) >= 11 is 1.86. The van der Waals surface area contributed by atoms with Crippen molar-refractivity contribution in [1.82, 2.24) is 15.2 Å². The Kier molecular flexibility index (Phi) is 5.19. The van der Waals surface area contributed by atoms with Gasteiger partial charge in [-0.2, -0.15) is 0 Å². The van der Waals surface area contributed by atoms with Crippen LogP contribution in [0.2, 0.25) is 0 Å². The molecule has 1 heterocycles. The predicted octanol–water partition coefficient (Wildman–Crippen LogP) is 2.13. The van der Waals surface area contributed by atoms with Crippen molar-refractivity contribution in [3.63, 3.8) is 0 Å². The van der Waals surface area contributed by atoms with Crippen molar-refractivity contribution in [3.05, 3.63) is 10.6 Å². The standard InChI is InChI=1S/C14H26N4S/c1-5-15-10-12-13(11-6-7-11)16-14(19-12)18(4)9-8-17(2)3/h11,15H,5-10H2,1-4H3. The van der Waals surface area contributed by atoms with Crippen LogP contribution in [0.15, 0.2) is 0 Å². The van der Waals surface area contributed by atoms with Crippen molar-refractivity contribution < 1.29 is 0 Å². The van der Waals surface area contributed by atoms with Crippen molar-refractivity contribution >= 4 is 16.5 Å². The summed E-state index contributed by atoms with van der Waals surface area (Å²) in [6, 6.07) is 0. The highest BCUT2D eigenvalue weighted by Crippen LogP contribution is 2.44. The molecule has 0 aromatic carbocycles.